The van der Waals surface area contributed by atoms with Gasteiger partial charge in [-0.1, -0.05) is 43.1 Å². The van der Waals surface area contributed by atoms with Crippen LogP contribution in [0.1, 0.15) is 79.1 Å². The highest BCUT2D eigenvalue weighted by Gasteiger charge is 2.58. The molecule has 5 saturated carbocycles. The van der Waals surface area contributed by atoms with E-state index < -0.39 is 24.2 Å². The number of amides is 3. The maximum absolute atomic E-state index is 14.3. The highest BCUT2D eigenvalue weighted by molar-refractivity contribution is 9.09. The predicted octanol–water partition coefficient (Wildman–Crippen LogP) is 2.55. The standard InChI is InChI=1S/C38H66BrN5O7/c1-21-29-16-26(38(29,3)4)17-30(21)42-37(49)34-33(22(2)46)31(20-45)51-44(34)19-23-9-8-10-28(35(23)50-7)24-13-25(15-27(14-24)43(5)6)36(48)41-12-11-40-32(47)18-39/h21-31,33-35,45-46H,8-20H2,1-7H3,(H,40,47)(H,41,48)(H,42,49)/t21-,22-,23?,24?,25?,26+,27?,28?,29-,30-,31-,33+,34-,35?/m0/s1. The van der Waals surface area contributed by atoms with Crippen molar-refractivity contribution in [3.05, 3.63) is 0 Å². The van der Waals surface area contributed by atoms with E-state index in [0.29, 0.717) is 42.8 Å². The number of aliphatic hydroxyl groups is 2. The molecule has 3 amide bonds. The lowest BCUT2D eigenvalue weighted by atomic mass is 9.45. The van der Waals surface area contributed by atoms with Gasteiger partial charge in [-0.15, -0.1) is 0 Å². The Kier molecular flexibility index (Phi) is 13.9. The lowest BCUT2D eigenvalue weighted by Crippen LogP contribution is -2.62. The SMILES string of the molecule is COC1C(CN2O[C@@H](CO)[C@@H]([C@H](C)O)[C@H]2C(=O)N[C@H]2C[C@H]3C[C@@H]([C@@H]2C)C3(C)C)CCCC1C1CC(C(=O)NCCNC(=O)CBr)CC(N(C)C)C1. The maximum Gasteiger partial charge on any atom is 0.240 e. The molecule has 0 radical (unpaired) electrons. The van der Waals surface area contributed by atoms with Crippen molar-refractivity contribution in [2.45, 2.75) is 115 Å². The van der Waals surface area contributed by atoms with E-state index in [1.54, 1.807) is 19.1 Å². The lowest BCUT2D eigenvalue weighted by molar-refractivity contribution is -0.193. The number of hydroxylamine groups is 2. The molecule has 5 N–H and O–H groups in total. The van der Waals surface area contributed by atoms with Crippen LogP contribution in [-0.2, 0) is 24.0 Å². The average molecular weight is 785 g/mol. The number of aliphatic hydroxyl groups excluding tert-OH is 2. The summed E-state index contributed by atoms with van der Waals surface area (Å²) in [4.78, 5) is 47.9. The van der Waals surface area contributed by atoms with Crippen LogP contribution in [0, 0.1) is 52.8 Å². The first-order valence-electron chi connectivity index (χ1n) is 19.5. The van der Waals surface area contributed by atoms with E-state index in [0.717, 1.165) is 44.9 Å². The molecular formula is C38H66BrN5O7. The van der Waals surface area contributed by atoms with Crippen molar-refractivity contribution >= 4 is 33.7 Å². The van der Waals surface area contributed by atoms with E-state index in [9.17, 15) is 24.6 Å². The van der Waals surface area contributed by atoms with Gasteiger partial charge in [0, 0.05) is 56.6 Å². The molecule has 13 heteroatoms. The van der Waals surface area contributed by atoms with E-state index in [4.69, 9.17) is 9.57 Å². The van der Waals surface area contributed by atoms with E-state index in [1.807, 2.05) is 0 Å². The van der Waals surface area contributed by atoms with Crippen molar-refractivity contribution in [2.24, 2.45) is 52.8 Å². The second kappa shape index (κ2) is 17.4. The van der Waals surface area contributed by atoms with Gasteiger partial charge in [0.2, 0.25) is 17.7 Å². The molecule has 0 aromatic rings. The quantitative estimate of drug-likeness (QED) is 0.132. The van der Waals surface area contributed by atoms with Gasteiger partial charge in [0.05, 0.1) is 24.1 Å². The summed E-state index contributed by atoms with van der Waals surface area (Å²) in [7, 11) is 5.94. The highest BCUT2D eigenvalue weighted by Crippen LogP contribution is 2.61. The Bertz CT molecular complexity index is 1210. The molecule has 0 aromatic heterocycles. The molecule has 0 spiro atoms. The molecule has 2 bridgehead atoms. The number of alkyl halides is 1. The van der Waals surface area contributed by atoms with Crippen molar-refractivity contribution in [3.8, 4) is 0 Å². The Morgan fingerprint density at radius 3 is 2.39 bits per heavy atom. The number of fused-ring (bicyclic) bond motifs is 2. The third-order valence-electron chi connectivity index (χ3n) is 14.0. The Morgan fingerprint density at radius 2 is 1.78 bits per heavy atom. The summed E-state index contributed by atoms with van der Waals surface area (Å²) < 4.78 is 6.34. The van der Waals surface area contributed by atoms with E-state index in [2.05, 4.69) is 71.6 Å². The Labute approximate surface area is 314 Å². The van der Waals surface area contributed by atoms with Crippen LogP contribution in [0.25, 0.3) is 0 Å². The first-order chi connectivity index (χ1) is 24.2. The van der Waals surface area contributed by atoms with Gasteiger partial charge in [-0.2, -0.15) is 5.06 Å². The second-order valence-electron chi connectivity index (χ2n) is 17.4. The third-order valence-corrected chi connectivity index (χ3v) is 14.6. The normalized spacial score (nSPS) is 39.9. The highest BCUT2D eigenvalue weighted by atomic mass is 79.9. The minimum atomic E-state index is -0.842. The minimum Gasteiger partial charge on any atom is -0.394 e. The number of nitrogens with zero attached hydrogens (tertiary/aromatic N) is 2. The third kappa shape index (κ3) is 8.81. The number of methoxy groups -OCH3 is 1. The van der Waals surface area contributed by atoms with Gasteiger partial charge in [0.15, 0.2) is 0 Å². The monoisotopic (exact) mass is 783 g/mol. The average Bonchev–Trinajstić information content (AvgIpc) is 3.48. The maximum atomic E-state index is 14.3. The molecule has 14 atom stereocenters. The molecule has 1 saturated heterocycles. The molecule has 1 heterocycles. The van der Waals surface area contributed by atoms with Gasteiger partial charge in [-0.3, -0.25) is 19.2 Å². The Morgan fingerprint density at radius 1 is 1.06 bits per heavy atom. The largest absolute Gasteiger partial charge is 0.394 e. The number of hydrogen-bond donors (Lipinski definition) is 5. The van der Waals surface area contributed by atoms with Crippen molar-refractivity contribution in [1.82, 2.24) is 25.9 Å². The zero-order chi connectivity index (χ0) is 37.2. The first kappa shape index (κ1) is 40.8. The first-order valence-corrected chi connectivity index (χ1v) is 20.7. The number of ether oxygens (including phenoxy) is 1. The molecular weight excluding hydrogens is 718 g/mol. The summed E-state index contributed by atoms with van der Waals surface area (Å²) in [5, 5.41) is 32.5. The molecule has 6 fully saturated rings. The van der Waals surface area contributed by atoms with Crippen LogP contribution in [0.15, 0.2) is 0 Å². The van der Waals surface area contributed by atoms with Crippen molar-refractivity contribution in [1.29, 1.82) is 0 Å². The Balaban J connectivity index is 1.28. The van der Waals surface area contributed by atoms with Crippen LogP contribution >= 0.6 is 15.9 Å². The van der Waals surface area contributed by atoms with E-state index in [-0.39, 0.29) is 71.5 Å². The number of rotatable bonds is 14. The number of hydrogen-bond acceptors (Lipinski definition) is 9. The summed E-state index contributed by atoms with van der Waals surface area (Å²) in [5.41, 5.74) is 0.306. The molecule has 5 aliphatic carbocycles. The van der Waals surface area contributed by atoms with Gasteiger partial charge in [0.25, 0.3) is 0 Å². The fourth-order valence-corrected chi connectivity index (χ4v) is 11.2. The lowest BCUT2D eigenvalue weighted by Gasteiger charge is -2.62. The summed E-state index contributed by atoms with van der Waals surface area (Å²) in [6, 6.07) is -0.381. The van der Waals surface area contributed by atoms with Crippen LogP contribution in [0.5, 0.6) is 0 Å². The van der Waals surface area contributed by atoms with Gasteiger partial charge in [-0.05, 0) is 101 Å². The molecule has 12 nitrogen and oxygen atoms in total. The van der Waals surface area contributed by atoms with E-state index in [1.165, 1.54) is 6.42 Å². The van der Waals surface area contributed by atoms with Gasteiger partial charge in [-0.25, -0.2) is 0 Å². The van der Waals surface area contributed by atoms with Crippen molar-refractivity contribution < 1.29 is 34.2 Å². The molecule has 6 unspecified atom stereocenters. The second-order valence-corrected chi connectivity index (χ2v) is 17.9. The minimum absolute atomic E-state index is 0.0349. The molecule has 6 rings (SSSR count). The number of carbonyl (C=O) groups excluding carboxylic acids is 3. The van der Waals surface area contributed by atoms with Crippen LogP contribution in [0.3, 0.4) is 0 Å². The zero-order valence-electron chi connectivity index (χ0n) is 32.0. The topological polar surface area (TPSA) is 153 Å². The summed E-state index contributed by atoms with van der Waals surface area (Å²) in [5.74, 6) is 1.24. The number of nitrogens with one attached hydrogen (secondary N) is 3. The summed E-state index contributed by atoms with van der Waals surface area (Å²) >= 11 is 3.15. The smallest absolute Gasteiger partial charge is 0.240 e. The van der Waals surface area contributed by atoms with Crippen molar-refractivity contribution in [2.75, 3.05) is 52.8 Å². The van der Waals surface area contributed by atoms with Gasteiger partial charge < -0.3 is 35.8 Å². The molecule has 0 aromatic carbocycles. The van der Waals surface area contributed by atoms with Gasteiger partial charge >= 0.3 is 0 Å². The fraction of sp³-hybridized carbons (Fsp3) is 0.921. The van der Waals surface area contributed by atoms with Crippen LogP contribution in [-0.4, -0.2) is 127 Å². The van der Waals surface area contributed by atoms with Crippen LogP contribution in [0.4, 0.5) is 0 Å². The fourth-order valence-electron chi connectivity index (χ4n) is 11.0. The number of halogens is 1. The summed E-state index contributed by atoms with van der Waals surface area (Å²) in [6.45, 7) is 9.61. The predicted molar refractivity (Wildman–Crippen MR) is 198 cm³/mol. The molecule has 6 aliphatic rings. The summed E-state index contributed by atoms with van der Waals surface area (Å²) in [6.07, 6.45) is 6.06. The van der Waals surface area contributed by atoms with Crippen LogP contribution < -0.4 is 16.0 Å². The zero-order valence-corrected chi connectivity index (χ0v) is 33.6. The molecule has 51 heavy (non-hydrogen) atoms. The van der Waals surface area contributed by atoms with E-state index >= 15 is 0 Å². The van der Waals surface area contributed by atoms with Gasteiger partial charge in [0.1, 0.15) is 12.1 Å². The Hall–Kier alpha value is -1.35. The number of carbonyl (C=O) groups is 3. The van der Waals surface area contributed by atoms with Crippen LogP contribution in [0.2, 0.25) is 0 Å². The molecule has 1 aliphatic heterocycles. The molecule has 292 valence electrons. The van der Waals surface area contributed by atoms with Crippen molar-refractivity contribution in [3.63, 3.8) is 0 Å².